The monoisotopic (exact) mass is 485 g/mol. The lowest BCUT2D eigenvalue weighted by molar-refractivity contribution is -0.134. The number of aryl methyl sites for hydroxylation is 1. The first-order valence-corrected chi connectivity index (χ1v) is 13.4. The van der Waals surface area contributed by atoms with Crippen LogP contribution in [0.1, 0.15) is 43.4 Å². The van der Waals surface area contributed by atoms with Crippen LogP contribution in [0.3, 0.4) is 0 Å². The summed E-state index contributed by atoms with van der Waals surface area (Å²) in [6.07, 6.45) is 0. The fourth-order valence-corrected chi connectivity index (χ4v) is 6.68. The van der Waals surface area contributed by atoms with E-state index in [2.05, 4.69) is 80.8 Å². The van der Waals surface area contributed by atoms with Gasteiger partial charge < -0.3 is 15.1 Å². The van der Waals surface area contributed by atoms with Crippen molar-refractivity contribution in [3.63, 3.8) is 0 Å². The third-order valence-electron chi connectivity index (χ3n) is 6.39. The smallest absolute Gasteiger partial charge is 0.282 e. The molecule has 0 bridgehead atoms. The Kier molecular flexibility index (Phi) is 7.53. The average Bonchev–Trinajstić information content (AvgIpc) is 2.84. The first-order valence-electron chi connectivity index (χ1n) is 12.0. The molecule has 4 rings (SSSR count). The summed E-state index contributed by atoms with van der Waals surface area (Å²) in [6.45, 7) is 9.00. The maximum atomic E-state index is 12.9. The van der Waals surface area contributed by atoms with E-state index in [0.717, 1.165) is 15.9 Å². The number of rotatable bonds is 7. The Labute approximate surface area is 209 Å². The Morgan fingerprint density at radius 1 is 0.943 bits per heavy atom. The van der Waals surface area contributed by atoms with Crippen molar-refractivity contribution in [3.05, 3.63) is 95.6 Å². The Hall–Kier alpha value is -3.22. The molecule has 1 aliphatic heterocycles. The van der Waals surface area contributed by atoms with E-state index < -0.39 is 15.1 Å². The zero-order valence-corrected chi connectivity index (χ0v) is 21.8. The minimum absolute atomic E-state index is 0.00791. The molecule has 181 valence electrons. The Balaban J connectivity index is 1.69. The number of hydrogen-bond donors (Lipinski definition) is 2. The van der Waals surface area contributed by atoms with Gasteiger partial charge in [-0.2, -0.15) is 0 Å². The van der Waals surface area contributed by atoms with Gasteiger partial charge in [-0.15, -0.1) is 0 Å². The van der Waals surface area contributed by atoms with E-state index in [1.807, 2.05) is 36.4 Å². The lowest BCUT2D eigenvalue weighted by Gasteiger charge is -2.32. The molecule has 6 heteroatoms. The summed E-state index contributed by atoms with van der Waals surface area (Å²) in [7, 11) is -1.56. The predicted molar refractivity (Wildman–Crippen MR) is 141 cm³/mol. The lowest BCUT2D eigenvalue weighted by Crippen LogP contribution is -2.59. The normalized spacial score (nSPS) is 17.1. The van der Waals surface area contributed by atoms with E-state index in [1.54, 1.807) is 0 Å². The van der Waals surface area contributed by atoms with Gasteiger partial charge in [0.15, 0.2) is 0 Å². The molecule has 0 spiro atoms. The maximum Gasteiger partial charge on any atom is 0.282 e. The van der Waals surface area contributed by atoms with Crippen molar-refractivity contribution in [1.82, 2.24) is 10.6 Å². The number of amides is 2. The van der Waals surface area contributed by atoms with Gasteiger partial charge in [0.2, 0.25) is 11.8 Å². The summed E-state index contributed by atoms with van der Waals surface area (Å²) in [6, 6.07) is 26.1. The molecule has 1 heterocycles. The highest BCUT2D eigenvalue weighted by Gasteiger charge is 2.36. The molecule has 0 aromatic heterocycles. The van der Waals surface area contributed by atoms with Crippen LogP contribution in [0.2, 0.25) is 0 Å². The molecule has 1 radical (unpaired) electrons. The fraction of sp³-hybridized carbons (Fsp3) is 0.310. The van der Waals surface area contributed by atoms with E-state index >= 15 is 0 Å². The lowest BCUT2D eigenvalue weighted by atomic mass is 9.81. The van der Waals surface area contributed by atoms with E-state index in [9.17, 15) is 9.59 Å². The van der Waals surface area contributed by atoms with Gasteiger partial charge in [-0.1, -0.05) is 99.6 Å². The highest BCUT2D eigenvalue weighted by Crippen LogP contribution is 2.30. The van der Waals surface area contributed by atoms with Crippen LogP contribution in [-0.2, 0) is 19.4 Å². The number of carbonyl (C=O) groups excluding carboxylic acids is 2. The molecule has 0 saturated carbocycles. The van der Waals surface area contributed by atoms with E-state index in [-0.39, 0.29) is 29.7 Å². The van der Waals surface area contributed by atoms with Crippen molar-refractivity contribution in [2.45, 2.75) is 45.1 Å². The molecule has 2 atom stereocenters. The van der Waals surface area contributed by atoms with Gasteiger partial charge in [-0.25, -0.2) is 0 Å². The molecule has 5 nitrogen and oxygen atoms in total. The van der Waals surface area contributed by atoms with Gasteiger partial charge in [0.05, 0.1) is 6.54 Å². The topological polar surface area (TPSA) is 67.4 Å². The Morgan fingerprint density at radius 3 is 2.09 bits per heavy atom. The maximum absolute atomic E-state index is 12.9. The van der Waals surface area contributed by atoms with Gasteiger partial charge >= 0.3 is 0 Å². The summed E-state index contributed by atoms with van der Waals surface area (Å²) >= 11 is 0. The van der Waals surface area contributed by atoms with E-state index in [1.165, 1.54) is 11.1 Å². The second-order valence-electron chi connectivity index (χ2n) is 10.1. The Bertz CT molecular complexity index is 1140. The van der Waals surface area contributed by atoms with E-state index in [4.69, 9.17) is 4.43 Å². The number of carbonyl (C=O) groups is 2. The van der Waals surface area contributed by atoms with Crippen molar-refractivity contribution in [3.8, 4) is 0 Å². The van der Waals surface area contributed by atoms with Gasteiger partial charge in [-0.3, -0.25) is 9.59 Å². The summed E-state index contributed by atoms with van der Waals surface area (Å²) in [5, 5.41) is 7.92. The van der Waals surface area contributed by atoms with Crippen LogP contribution in [0, 0.1) is 6.92 Å². The third-order valence-corrected chi connectivity index (χ3v) is 8.56. The van der Waals surface area contributed by atoms with Crippen LogP contribution in [0.5, 0.6) is 0 Å². The first kappa shape index (κ1) is 24.9. The highest BCUT2D eigenvalue weighted by molar-refractivity contribution is 6.80. The molecule has 1 aliphatic rings. The van der Waals surface area contributed by atoms with Crippen LogP contribution in [0.4, 0.5) is 0 Å². The van der Waals surface area contributed by atoms with Crippen LogP contribution in [0.15, 0.2) is 78.9 Å². The minimum Gasteiger partial charge on any atom is -0.407 e. The summed E-state index contributed by atoms with van der Waals surface area (Å²) in [4.78, 5) is 25.1. The second-order valence-corrected chi connectivity index (χ2v) is 12.2. The highest BCUT2D eigenvalue weighted by atomic mass is 28.3. The standard InChI is InChI=1S/C29H33N2O3Si/c1-20-17-21(15-16-25(20)29(2,3)4)24(27-28(33)30-18-26(32)31-27)19-34-35(22-11-7-5-8-12-22)23-13-9-6-10-14-23/h5-17,24,27H,18-19H2,1-4H3,(H,30,33)(H,31,32). The third kappa shape index (κ3) is 5.89. The first-order chi connectivity index (χ1) is 16.7. The molecule has 2 amide bonds. The number of hydrogen-bond acceptors (Lipinski definition) is 3. The quantitative estimate of drug-likeness (QED) is 0.506. The average molecular weight is 486 g/mol. The summed E-state index contributed by atoms with van der Waals surface area (Å²) < 4.78 is 6.68. The largest absolute Gasteiger partial charge is 0.407 e. The molecular formula is C29H33N2O3Si. The summed E-state index contributed by atoms with van der Waals surface area (Å²) in [5.41, 5.74) is 3.43. The molecule has 0 aliphatic carbocycles. The van der Waals surface area contributed by atoms with Crippen molar-refractivity contribution in [1.29, 1.82) is 0 Å². The van der Waals surface area contributed by atoms with Gasteiger partial charge in [0.1, 0.15) is 6.04 Å². The second kappa shape index (κ2) is 10.6. The SMILES string of the molecule is Cc1cc(C(CO[Si](c2ccccc2)c2ccccc2)C2NC(=O)CNC2=O)ccc1C(C)(C)C. The van der Waals surface area contributed by atoms with Crippen LogP contribution < -0.4 is 21.0 Å². The minimum atomic E-state index is -1.56. The zero-order chi connectivity index (χ0) is 25.0. The zero-order valence-electron chi connectivity index (χ0n) is 20.8. The van der Waals surface area contributed by atoms with Crippen LogP contribution >= 0.6 is 0 Å². The molecule has 1 saturated heterocycles. The molecule has 2 unspecified atom stereocenters. The van der Waals surface area contributed by atoms with Crippen molar-refractivity contribution in [2.24, 2.45) is 0 Å². The molecular weight excluding hydrogens is 452 g/mol. The molecule has 3 aromatic rings. The molecule has 3 aromatic carbocycles. The van der Waals surface area contributed by atoms with Crippen LogP contribution in [0.25, 0.3) is 0 Å². The number of piperazine rings is 1. The Morgan fingerprint density at radius 2 is 1.54 bits per heavy atom. The van der Waals surface area contributed by atoms with Gasteiger partial charge in [-0.05, 0) is 39.4 Å². The predicted octanol–water partition coefficient (Wildman–Crippen LogP) is 2.81. The molecule has 35 heavy (non-hydrogen) atoms. The molecule has 1 fully saturated rings. The van der Waals surface area contributed by atoms with Crippen molar-refractivity contribution < 1.29 is 14.0 Å². The summed E-state index contributed by atoms with van der Waals surface area (Å²) in [5.74, 6) is -0.678. The number of benzene rings is 3. The van der Waals surface area contributed by atoms with E-state index in [0.29, 0.717) is 6.61 Å². The molecule has 2 N–H and O–H groups in total. The van der Waals surface area contributed by atoms with Gasteiger partial charge in [0.25, 0.3) is 9.04 Å². The van der Waals surface area contributed by atoms with Gasteiger partial charge in [0, 0.05) is 12.5 Å². The van der Waals surface area contributed by atoms with Crippen molar-refractivity contribution >= 4 is 31.2 Å². The fourth-order valence-electron chi connectivity index (χ4n) is 4.68. The van der Waals surface area contributed by atoms with Crippen molar-refractivity contribution in [2.75, 3.05) is 13.2 Å². The van der Waals surface area contributed by atoms with Crippen LogP contribution in [-0.4, -0.2) is 40.0 Å². The number of nitrogens with one attached hydrogen (secondary N) is 2.